The molecule has 0 heterocycles. The molecule has 2 N–H and O–H groups in total. The molecule has 1 aromatic rings. The van der Waals surface area contributed by atoms with E-state index in [1.807, 2.05) is 58.0 Å². The van der Waals surface area contributed by atoms with E-state index in [1.165, 1.54) is 24.5 Å². The Hall–Kier alpha value is -2.43. The smallest absolute Gasteiger partial charge is 0.228 e. The first-order valence-corrected chi connectivity index (χ1v) is 18.1. The summed E-state index contributed by atoms with van der Waals surface area (Å²) in [5.41, 5.74) is 4.57. The summed E-state index contributed by atoms with van der Waals surface area (Å²) in [6, 6.07) is 6.28. The van der Waals surface area contributed by atoms with Gasteiger partial charge in [-0.05, 0) is 124 Å². The van der Waals surface area contributed by atoms with E-state index in [0.29, 0.717) is 59.6 Å². The van der Waals surface area contributed by atoms with E-state index in [1.54, 1.807) is 6.08 Å². The molecule has 4 saturated carbocycles. The van der Waals surface area contributed by atoms with Gasteiger partial charge in [0, 0.05) is 16.9 Å². The van der Waals surface area contributed by atoms with Crippen LogP contribution in [0.25, 0.3) is 0 Å². The van der Waals surface area contributed by atoms with Gasteiger partial charge in [-0.1, -0.05) is 62.0 Å². The summed E-state index contributed by atoms with van der Waals surface area (Å²) in [6.07, 6.45) is 11.4. The lowest BCUT2D eigenvalue weighted by Crippen LogP contribution is -2.55. The van der Waals surface area contributed by atoms with Gasteiger partial charge in [0.25, 0.3) is 0 Å². The third-order valence-electron chi connectivity index (χ3n) is 12.5. The average molecular weight is 673 g/mol. The molecule has 5 rings (SSSR count). The van der Waals surface area contributed by atoms with Gasteiger partial charge < -0.3 is 10.6 Å². The molecule has 10 heteroatoms. The second-order valence-electron chi connectivity index (χ2n) is 15.3. The van der Waals surface area contributed by atoms with Crippen molar-refractivity contribution in [3.05, 3.63) is 58.5 Å². The summed E-state index contributed by atoms with van der Waals surface area (Å²) in [4.78, 5) is 50.1. The number of allylic oxidation sites excluding steroid dienone is 4. The summed E-state index contributed by atoms with van der Waals surface area (Å²) >= 11 is 0.541. The maximum absolute atomic E-state index is 15.2. The van der Waals surface area contributed by atoms with Gasteiger partial charge in [-0.2, -0.15) is 9.79 Å². The van der Waals surface area contributed by atoms with Crippen molar-refractivity contribution in [2.45, 2.75) is 116 Å². The number of hydrogen-bond acceptors (Lipinski definition) is 8. The molecule has 6 unspecified atom stereocenters. The summed E-state index contributed by atoms with van der Waals surface area (Å²) in [6.45, 7) is 7.54. The Kier molecular flexibility index (Phi) is 10.8. The molecule has 7 atom stereocenters. The second kappa shape index (κ2) is 14.2. The van der Waals surface area contributed by atoms with Crippen LogP contribution < -0.4 is 10.6 Å². The lowest BCUT2D eigenvalue weighted by Gasteiger charge is -2.57. The lowest BCUT2D eigenvalue weighted by atomic mass is 9.49. The van der Waals surface area contributed by atoms with E-state index in [0.717, 1.165) is 19.3 Å². The molecule has 0 aromatic heterocycles. The zero-order chi connectivity index (χ0) is 34.0. The van der Waals surface area contributed by atoms with Gasteiger partial charge in [0.2, 0.25) is 5.12 Å². The molecule has 0 bridgehead atoms. The normalized spacial score (nSPS) is 39.8. The van der Waals surface area contributed by atoms with Crippen molar-refractivity contribution in [2.75, 3.05) is 6.01 Å². The molecule has 0 radical (unpaired) electrons. The third kappa shape index (κ3) is 6.63. The minimum absolute atomic E-state index is 0.103. The van der Waals surface area contributed by atoms with Crippen LogP contribution in [0.4, 0.5) is 8.78 Å². The molecular formula is C37H50F2N2O5S. The predicted molar refractivity (Wildman–Crippen MR) is 181 cm³/mol. The molecule has 7 nitrogen and oxygen atoms in total. The number of nitrogens with two attached hydrogens (primary N) is 1. The molecule has 0 saturated heterocycles. The Bertz CT molecular complexity index is 1360. The Labute approximate surface area is 281 Å². The molecule has 0 amide bonds. The van der Waals surface area contributed by atoms with Crippen molar-refractivity contribution in [3.63, 3.8) is 0 Å². The molecule has 47 heavy (non-hydrogen) atoms. The Balaban J connectivity index is 1.35. The molecule has 4 aliphatic carbocycles. The SMILES string of the molecule is C/C=C\C1(C)/C(=C\C=O)[C@@H](F)CCC1C(CC1(C)C(C)CCC1(OOc1ccc(CC2CC3(CC(N)C3)C2)cc1)C(=O)SCF)N=O. The van der Waals surface area contributed by atoms with E-state index >= 15 is 4.39 Å². The molecule has 258 valence electrons. The highest BCUT2D eigenvalue weighted by molar-refractivity contribution is 8.13. The van der Waals surface area contributed by atoms with Crippen molar-refractivity contribution >= 4 is 23.2 Å². The van der Waals surface area contributed by atoms with Gasteiger partial charge in [0.15, 0.2) is 11.4 Å². The van der Waals surface area contributed by atoms with Crippen molar-refractivity contribution < 1.29 is 28.1 Å². The van der Waals surface area contributed by atoms with Gasteiger partial charge in [-0.15, -0.1) is 0 Å². The predicted octanol–water partition coefficient (Wildman–Crippen LogP) is 8.40. The van der Waals surface area contributed by atoms with Crippen molar-refractivity contribution in [2.24, 2.45) is 44.9 Å². The van der Waals surface area contributed by atoms with Gasteiger partial charge in [-0.3, -0.25) is 9.59 Å². The van der Waals surface area contributed by atoms with Gasteiger partial charge >= 0.3 is 0 Å². The molecule has 0 aliphatic heterocycles. The zero-order valence-corrected chi connectivity index (χ0v) is 28.9. The van der Waals surface area contributed by atoms with E-state index < -0.39 is 45.7 Å². The highest BCUT2D eigenvalue weighted by atomic mass is 32.2. The Morgan fingerprint density at radius 2 is 1.85 bits per heavy atom. The maximum atomic E-state index is 15.2. The third-order valence-corrected chi connectivity index (χ3v) is 13.2. The van der Waals surface area contributed by atoms with Gasteiger partial charge in [-0.25, -0.2) is 8.78 Å². The number of thioether (sulfide) groups is 1. The minimum Gasteiger partial charge on any atom is -0.336 e. The summed E-state index contributed by atoms with van der Waals surface area (Å²) < 4.78 is 28.9. The zero-order valence-electron chi connectivity index (χ0n) is 28.1. The summed E-state index contributed by atoms with van der Waals surface area (Å²) in [5, 5.41) is 3.10. The van der Waals surface area contributed by atoms with E-state index in [9.17, 15) is 18.9 Å². The van der Waals surface area contributed by atoms with E-state index in [2.05, 4.69) is 5.18 Å². The fourth-order valence-corrected chi connectivity index (χ4v) is 10.5. The van der Waals surface area contributed by atoms with Crippen LogP contribution in [-0.2, 0) is 20.9 Å². The first-order valence-electron chi connectivity index (χ1n) is 17.1. The topological polar surface area (TPSA) is 108 Å². The first-order chi connectivity index (χ1) is 22.4. The van der Waals surface area contributed by atoms with Crippen LogP contribution in [0.2, 0.25) is 0 Å². The molecule has 1 spiro atoms. The Morgan fingerprint density at radius 1 is 1.15 bits per heavy atom. The number of nitroso groups, excluding NO2 is 1. The quantitative estimate of drug-likeness (QED) is 0.0560. The molecule has 4 aliphatic rings. The number of rotatable bonds is 13. The molecular weight excluding hydrogens is 622 g/mol. The van der Waals surface area contributed by atoms with Gasteiger partial charge in [0.1, 0.15) is 18.5 Å². The van der Waals surface area contributed by atoms with E-state index in [-0.39, 0.29) is 25.2 Å². The largest absolute Gasteiger partial charge is 0.336 e. The van der Waals surface area contributed by atoms with E-state index in [4.69, 9.17) is 15.5 Å². The van der Waals surface area contributed by atoms with Crippen LogP contribution in [0, 0.1) is 38.9 Å². The molecule has 4 fully saturated rings. The van der Waals surface area contributed by atoms with Crippen LogP contribution >= 0.6 is 11.8 Å². The number of benzene rings is 1. The highest BCUT2D eigenvalue weighted by Crippen LogP contribution is 2.60. The van der Waals surface area contributed by atoms with Crippen LogP contribution in [0.5, 0.6) is 5.75 Å². The standard InChI is InChI=1S/C37H50F2N2O5S/c1-5-14-34(3)29(13-16-42)31(39)11-10-30(34)32(41-44)22-35(4)24(2)12-15-37(35,33(43)47-23-38)46-45-28-8-6-25(7-9-28)17-26-18-36(19-26)20-27(40)21-36/h5-9,13-14,16,24,26-27,30-32H,10-12,15,17-23,40H2,1-4H3/b14-5-,29-13-/t24?,26?,27?,30?,31-,32?,34?,35?,36?,37?/m0/s1. The maximum Gasteiger partial charge on any atom is 0.228 e. The fourth-order valence-electron chi connectivity index (χ4n) is 9.82. The van der Waals surface area contributed by atoms with Crippen LogP contribution in [0.3, 0.4) is 0 Å². The van der Waals surface area contributed by atoms with Gasteiger partial charge in [0.05, 0.1) is 6.04 Å². The number of carbonyl (C=O) groups is 2. The number of aldehydes is 1. The van der Waals surface area contributed by atoms with Crippen molar-refractivity contribution in [1.82, 2.24) is 0 Å². The number of hydrogen-bond donors (Lipinski definition) is 1. The van der Waals surface area contributed by atoms with Crippen LogP contribution in [0.15, 0.2) is 53.2 Å². The summed E-state index contributed by atoms with van der Waals surface area (Å²) in [7, 11) is 0. The highest BCUT2D eigenvalue weighted by Gasteiger charge is 2.64. The summed E-state index contributed by atoms with van der Waals surface area (Å²) in [5.74, 6) is 0.552. The van der Waals surface area contributed by atoms with Crippen molar-refractivity contribution in [3.8, 4) is 5.75 Å². The number of carbonyl (C=O) groups excluding carboxylic acids is 2. The second-order valence-corrected chi connectivity index (χ2v) is 16.1. The fraction of sp³-hybridized carbons (Fsp3) is 0.676. The minimum atomic E-state index is -1.55. The number of alkyl halides is 2. The number of nitrogens with zero attached hydrogens (tertiary/aromatic N) is 1. The Morgan fingerprint density at radius 3 is 2.45 bits per heavy atom. The molecule has 1 aromatic carbocycles. The van der Waals surface area contributed by atoms with Crippen LogP contribution in [0.1, 0.15) is 91.0 Å². The average Bonchev–Trinajstić information content (AvgIpc) is 3.26. The first kappa shape index (κ1) is 35.9. The number of halogens is 2. The van der Waals surface area contributed by atoms with Crippen LogP contribution in [-0.4, -0.2) is 41.3 Å². The van der Waals surface area contributed by atoms with Crippen molar-refractivity contribution in [1.29, 1.82) is 0 Å². The lowest BCUT2D eigenvalue weighted by molar-refractivity contribution is -0.305. The monoisotopic (exact) mass is 672 g/mol.